The molecular formula is C17H23N3O2. The number of carbonyl (C=O) groups excluding carboxylic acids is 1. The van der Waals surface area contributed by atoms with Gasteiger partial charge in [0.15, 0.2) is 0 Å². The van der Waals surface area contributed by atoms with Crippen LogP contribution < -0.4 is 5.73 Å². The van der Waals surface area contributed by atoms with Gasteiger partial charge in [0, 0.05) is 24.0 Å². The van der Waals surface area contributed by atoms with Crippen LogP contribution in [0.3, 0.4) is 0 Å². The molecule has 0 bridgehead atoms. The third-order valence-electron chi connectivity index (χ3n) is 3.76. The average Bonchev–Trinajstić information content (AvgIpc) is 2.74. The zero-order valence-corrected chi connectivity index (χ0v) is 13.6. The van der Waals surface area contributed by atoms with E-state index in [1.807, 2.05) is 32.9 Å². The molecular weight excluding hydrogens is 278 g/mol. The minimum absolute atomic E-state index is 0.346. The van der Waals surface area contributed by atoms with Gasteiger partial charge < -0.3 is 15.0 Å². The minimum atomic E-state index is -0.640. The van der Waals surface area contributed by atoms with Crippen molar-refractivity contribution in [1.29, 1.82) is 0 Å². The molecule has 118 valence electrons. The molecule has 0 radical (unpaired) electrons. The summed E-state index contributed by atoms with van der Waals surface area (Å²) in [5.74, 6) is 0.551. The Morgan fingerprint density at radius 2 is 2.14 bits per heavy atom. The lowest BCUT2D eigenvalue weighted by atomic mass is 10.1. The van der Waals surface area contributed by atoms with Gasteiger partial charge in [0.1, 0.15) is 11.9 Å². The molecule has 0 fully saturated rings. The minimum Gasteiger partial charge on any atom is -0.465 e. The van der Waals surface area contributed by atoms with E-state index in [9.17, 15) is 4.79 Å². The van der Waals surface area contributed by atoms with Crippen LogP contribution in [-0.2, 0) is 16.0 Å². The lowest BCUT2D eigenvalue weighted by molar-refractivity contribution is -0.144. The summed E-state index contributed by atoms with van der Waals surface area (Å²) in [6.45, 7) is 8.21. The molecule has 1 atom stereocenters. The van der Waals surface area contributed by atoms with E-state index in [-0.39, 0.29) is 5.97 Å². The first-order valence-electron chi connectivity index (χ1n) is 7.47. The van der Waals surface area contributed by atoms with E-state index in [1.54, 1.807) is 13.1 Å². The van der Waals surface area contributed by atoms with Gasteiger partial charge in [0.25, 0.3) is 0 Å². The molecule has 0 aliphatic carbocycles. The average molecular weight is 301 g/mol. The van der Waals surface area contributed by atoms with Crippen LogP contribution in [0.15, 0.2) is 24.4 Å². The van der Waals surface area contributed by atoms with Gasteiger partial charge in [0.2, 0.25) is 0 Å². The van der Waals surface area contributed by atoms with Gasteiger partial charge in [-0.1, -0.05) is 6.07 Å². The van der Waals surface area contributed by atoms with Gasteiger partial charge in [0.05, 0.1) is 6.61 Å². The molecule has 22 heavy (non-hydrogen) atoms. The van der Waals surface area contributed by atoms with E-state index in [4.69, 9.17) is 10.5 Å². The number of rotatable bonds is 5. The number of nitrogens with two attached hydrogens (primary N) is 1. The number of aromatic nitrogens is 2. The Morgan fingerprint density at radius 1 is 1.41 bits per heavy atom. The first-order valence-corrected chi connectivity index (χ1v) is 7.47. The molecule has 0 saturated heterocycles. The fraction of sp³-hybridized carbons (Fsp3) is 0.412. The molecule has 1 unspecified atom stereocenters. The highest BCUT2D eigenvalue weighted by Crippen LogP contribution is 2.22. The van der Waals surface area contributed by atoms with E-state index < -0.39 is 6.04 Å². The highest BCUT2D eigenvalue weighted by Gasteiger charge is 2.19. The fourth-order valence-electron chi connectivity index (χ4n) is 2.64. The summed E-state index contributed by atoms with van der Waals surface area (Å²) in [5.41, 5.74) is 10.2. The van der Waals surface area contributed by atoms with Crippen molar-refractivity contribution in [3.63, 3.8) is 0 Å². The summed E-state index contributed by atoms with van der Waals surface area (Å²) < 4.78 is 7.07. The van der Waals surface area contributed by atoms with Gasteiger partial charge in [-0.3, -0.25) is 4.79 Å². The van der Waals surface area contributed by atoms with Crippen molar-refractivity contribution in [2.45, 2.75) is 40.2 Å². The second-order valence-electron chi connectivity index (χ2n) is 5.44. The fourth-order valence-corrected chi connectivity index (χ4v) is 2.64. The number of hydrogen-bond acceptors (Lipinski definition) is 4. The van der Waals surface area contributed by atoms with E-state index in [2.05, 4.69) is 15.6 Å². The van der Waals surface area contributed by atoms with Crippen molar-refractivity contribution in [3.05, 3.63) is 46.9 Å². The van der Waals surface area contributed by atoms with Gasteiger partial charge >= 0.3 is 5.97 Å². The summed E-state index contributed by atoms with van der Waals surface area (Å²) in [5, 5.41) is 0. The summed E-state index contributed by atoms with van der Waals surface area (Å²) in [6, 6.07) is 5.37. The van der Waals surface area contributed by atoms with Crippen LogP contribution in [0.5, 0.6) is 0 Å². The van der Waals surface area contributed by atoms with E-state index in [1.165, 1.54) is 0 Å². The van der Waals surface area contributed by atoms with Crippen LogP contribution >= 0.6 is 0 Å². The summed E-state index contributed by atoms with van der Waals surface area (Å²) in [6.07, 6.45) is 2.25. The number of esters is 1. The summed E-state index contributed by atoms with van der Waals surface area (Å²) in [4.78, 5) is 16.2. The summed E-state index contributed by atoms with van der Waals surface area (Å²) >= 11 is 0. The van der Waals surface area contributed by atoms with Crippen molar-refractivity contribution in [1.82, 2.24) is 9.55 Å². The maximum atomic E-state index is 11.7. The zero-order chi connectivity index (χ0) is 16.3. The molecule has 2 aromatic rings. The molecule has 5 heteroatoms. The Kier molecular flexibility index (Phi) is 4.98. The third-order valence-corrected chi connectivity index (χ3v) is 3.76. The number of hydrogen-bond donors (Lipinski definition) is 1. The molecule has 5 nitrogen and oxygen atoms in total. The first kappa shape index (κ1) is 16.2. The number of ether oxygens (including phenoxy) is 1. The van der Waals surface area contributed by atoms with Crippen molar-refractivity contribution in [2.24, 2.45) is 5.73 Å². The quantitative estimate of drug-likeness (QED) is 0.860. The van der Waals surface area contributed by atoms with Crippen LogP contribution in [0.4, 0.5) is 0 Å². The molecule has 0 amide bonds. The number of carbonyl (C=O) groups is 1. The SMILES string of the molecule is CCOC(=O)C(N)Cc1cc(C)n(-c2ncccc2C)c1C. The van der Waals surface area contributed by atoms with Crippen molar-refractivity contribution >= 4 is 5.97 Å². The Hall–Kier alpha value is -2.14. The molecule has 2 heterocycles. The van der Waals surface area contributed by atoms with Crippen molar-refractivity contribution < 1.29 is 9.53 Å². The molecule has 2 N–H and O–H groups in total. The molecule has 2 aromatic heterocycles. The molecule has 2 rings (SSSR count). The largest absolute Gasteiger partial charge is 0.465 e. The van der Waals surface area contributed by atoms with Gasteiger partial charge in [-0.05, 0) is 51.0 Å². The second-order valence-corrected chi connectivity index (χ2v) is 5.44. The predicted molar refractivity (Wildman–Crippen MR) is 86.1 cm³/mol. The van der Waals surface area contributed by atoms with Crippen LogP contribution in [0, 0.1) is 20.8 Å². The first-order chi connectivity index (χ1) is 10.5. The topological polar surface area (TPSA) is 70.1 Å². The number of pyridine rings is 1. The van der Waals surface area contributed by atoms with E-state index >= 15 is 0 Å². The van der Waals surface area contributed by atoms with Gasteiger partial charge in [-0.25, -0.2) is 4.98 Å². The zero-order valence-electron chi connectivity index (χ0n) is 13.6. The standard InChI is InChI=1S/C17H23N3O2/c1-5-22-17(21)15(18)10-14-9-12(3)20(13(14)4)16-11(2)7-6-8-19-16/h6-9,15H,5,10,18H2,1-4H3. The second kappa shape index (κ2) is 6.75. The Bertz CT molecular complexity index is 677. The molecule has 0 aromatic carbocycles. The smallest absolute Gasteiger partial charge is 0.323 e. The monoisotopic (exact) mass is 301 g/mol. The predicted octanol–water partition coefficient (Wildman–Crippen LogP) is 2.23. The molecule has 0 aliphatic rings. The van der Waals surface area contributed by atoms with Crippen LogP contribution in [0.2, 0.25) is 0 Å². The Labute approximate surface area is 131 Å². The third kappa shape index (κ3) is 3.20. The van der Waals surface area contributed by atoms with Crippen LogP contribution in [0.1, 0.15) is 29.4 Å². The highest BCUT2D eigenvalue weighted by atomic mass is 16.5. The molecule has 0 spiro atoms. The Morgan fingerprint density at radius 3 is 2.77 bits per heavy atom. The lowest BCUT2D eigenvalue weighted by Gasteiger charge is -2.13. The van der Waals surface area contributed by atoms with Gasteiger partial charge in [-0.2, -0.15) is 0 Å². The Balaban J connectivity index is 2.32. The van der Waals surface area contributed by atoms with E-state index in [0.717, 1.165) is 28.3 Å². The lowest BCUT2D eigenvalue weighted by Crippen LogP contribution is -2.34. The van der Waals surface area contributed by atoms with E-state index in [0.29, 0.717) is 13.0 Å². The van der Waals surface area contributed by atoms with Crippen LogP contribution in [-0.4, -0.2) is 28.2 Å². The maximum Gasteiger partial charge on any atom is 0.323 e. The van der Waals surface area contributed by atoms with Gasteiger partial charge in [-0.15, -0.1) is 0 Å². The normalized spacial score (nSPS) is 12.2. The summed E-state index contributed by atoms with van der Waals surface area (Å²) in [7, 11) is 0. The van der Waals surface area contributed by atoms with Crippen LogP contribution in [0.25, 0.3) is 5.82 Å². The molecule has 0 aliphatic heterocycles. The highest BCUT2D eigenvalue weighted by molar-refractivity contribution is 5.76. The molecule has 0 saturated carbocycles. The maximum absolute atomic E-state index is 11.7. The number of aryl methyl sites for hydroxylation is 2. The number of nitrogens with zero attached hydrogens (tertiary/aromatic N) is 2. The van der Waals surface area contributed by atoms with Crippen molar-refractivity contribution in [3.8, 4) is 5.82 Å². The van der Waals surface area contributed by atoms with Crippen molar-refractivity contribution in [2.75, 3.05) is 6.61 Å².